The predicted molar refractivity (Wildman–Crippen MR) is 118 cm³/mol. The molecule has 2 heterocycles. The molecule has 0 radical (unpaired) electrons. The quantitative estimate of drug-likeness (QED) is 0.545. The van der Waals surface area contributed by atoms with E-state index < -0.39 is 24.8 Å². The summed E-state index contributed by atoms with van der Waals surface area (Å²) < 4.78 is 34.9. The highest BCUT2D eigenvalue weighted by atomic mass is 79.9. The van der Waals surface area contributed by atoms with Crippen molar-refractivity contribution in [1.82, 2.24) is 14.9 Å². The number of rotatable bonds is 7. The number of nitrogens with one attached hydrogen (secondary N) is 1. The number of aromatic amines is 1. The van der Waals surface area contributed by atoms with E-state index in [0.29, 0.717) is 12.3 Å². The van der Waals surface area contributed by atoms with E-state index in [1.165, 1.54) is 12.0 Å². The zero-order chi connectivity index (χ0) is 23.8. The summed E-state index contributed by atoms with van der Waals surface area (Å²) in [6.07, 6.45) is 1.13. The molecule has 0 aliphatic carbocycles. The first-order valence-corrected chi connectivity index (χ1v) is 10.7. The van der Waals surface area contributed by atoms with Gasteiger partial charge in [0.05, 0.1) is 37.2 Å². The van der Waals surface area contributed by atoms with E-state index in [1.807, 2.05) is 38.1 Å². The highest BCUT2D eigenvalue weighted by Crippen LogP contribution is 2.34. The zero-order valence-corrected chi connectivity index (χ0v) is 19.6. The first-order chi connectivity index (χ1) is 15.2. The lowest BCUT2D eigenvalue weighted by Gasteiger charge is -2.27. The third-order valence-corrected chi connectivity index (χ3v) is 5.54. The van der Waals surface area contributed by atoms with Crippen molar-refractivity contribution in [3.05, 3.63) is 40.8 Å². The van der Waals surface area contributed by atoms with Gasteiger partial charge in [0.15, 0.2) is 0 Å². The van der Waals surface area contributed by atoms with Crippen LogP contribution in [0.2, 0.25) is 0 Å². The Morgan fingerprint density at radius 3 is 2.50 bits per heavy atom. The van der Waals surface area contributed by atoms with Crippen LogP contribution in [-0.4, -0.2) is 59.7 Å². The molecule has 1 aliphatic heterocycles. The Morgan fingerprint density at radius 1 is 1.34 bits per heavy atom. The van der Waals surface area contributed by atoms with Crippen LogP contribution in [0.4, 0.5) is 8.78 Å². The van der Waals surface area contributed by atoms with E-state index in [9.17, 15) is 13.6 Å². The molecule has 0 spiro atoms. The number of H-pyrrole nitrogens is 1. The van der Waals surface area contributed by atoms with Crippen molar-refractivity contribution >= 4 is 28.3 Å². The van der Waals surface area contributed by atoms with Gasteiger partial charge < -0.3 is 25.1 Å². The van der Waals surface area contributed by atoms with Gasteiger partial charge in [0.2, 0.25) is 5.91 Å². The van der Waals surface area contributed by atoms with Gasteiger partial charge in [-0.15, -0.1) is 0 Å². The van der Waals surface area contributed by atoms with E-state index >= 15 is 0 Å². The van der Waals surface area contributed by atoms with Gasteiger partial charge in [0.1, 0.15) is 5.82 Å². The summed E-state index contributed by atoms with van der Waals surface area (Å²) in [5, 5.41) is 0. The van der Waals surface area contributed by atoms with Crippen LogP contribution in [0.15, 0.2) is 34.9 Å². The molecule has 1 aromatic carbocycles. The number of hydrogen-bond donors (Lipinski definition) is 2. The first kappa shape index (κ1) is 25.9. The summed E-state index contributed by atoms with van der Waals surface area (Å²) in [5.41, 5.74) is 7.73. The van der Waals surface area contributed by atoms with Crippen molar-refractivity contribution in [1.29, 1.82) is 0 Å². The molecule has 3 N–H and O–H groups in total. The molecule has 0 saturated carbocycles. The van der Waals surface area contributed by atoms with E-state index in [0.717, 1.165) is 15.7 Å². The Bertz CT molecular complexity index is 879. The lowest BCUT2D eigenvalue weighted by Crippen LogP contribution is -2.46. The molecule has 11 heteroatoms. The number of nitrogens with two attached hydrogens (primary N) is 1. The summed E-state index contributed by atoms with van der Waals surface area (Å²) in [5.74, 6) is 0.169. The van der Waals surface area contributed by atoms with Gasteiger partial charge in [-0.2, -0.15) is 8.78 Å². The lowest BCUT2D eigenvalue weighted by molar-refractivity contribution is -0.160. The molecule has 0 bridgehead atoms. The van der Waals surface area contributed by atoms with Crippen LogP contribution >= 0.6 is 15.9 Å². The number of carbonyl (C=O) groups excluding carboxylic acids is 2. The Labute approximate surface area is 193 Å². The van der Waals surface area contributed by atoms with E-state index in [-0.39, 0.29) is 24.8 Å². The molecule has 3 unspecified atom stereocenters. The van der Waals surface area contributed by atoms with Gasteiger partial charge in [-0.1, -0.05) is 41.9 Å². The number of halogens is 3. The molecule has 3 rings (SSSR count). The van der Waals surface area contributed by atoms with Crippen LogP contribution in [-0.2, 0) is 19.1 Å². The second-order valence-electron chi connectivity index (χ2n) is 7.55. The average Bonchev–Trinajstić information content (AvgIpc) is 3.40. The normalized spacial score (nSPS) is 19.0. The monoisotopic (exact) mass is 516 g/mol. The number of benzene rings is 1. The number of nitrogens with zero attached hydrogens (tertiary/aromatic N) is 2. The van der Waals surface area contributed by atoms with Gasteiger partial charge in [-0.05, 0) is 23.6 Å². The fourth-order valence-corrected chi connectivity index (χ4v) is 3.57. The van der Waals surface area contributed by atoms with Crippen LogP contribution in [0, 0.1) is 5.92 Å². The van der Waals surface area contributed by atoms with Crippen LogP contribution < -0.4 is 5.73 Å². The number of alkyl halides is 2. The molecule has 8 nitrogen and oxygen atoms in total. The summed E-state index contributed by atoms with van der Waals surface area (Å²) in [7, 11) is 1.31. The fourth-order valence-electron chi connectivity index (χ4n) is 3.30. The van der Waals surface area contributed by atoms with Crippen molar-refractivity contribution in [2.24, 2.45) is 11.7 Å². The van der Waals surface area contributed by atoms with Crippen LogP contribution in [0.1, 0.15) is 32.1 Å². The molecule has 2 aromatic rings. The van der Waals surface area contributed by atoms with Crippen molar-refractivity contribution < 1.29 is 27.8 Å². The maximum Gasteiger partial charge on any atom is 0.345 e. The van der Waals surface area contributed by atoms with Crippen molar-refractivity contribution in [3.63, 3.8) is 0 Å². The zero-order valence-electron chi connectivity index (χ0n) is 18.0. The minimum Gasteiger partial charge on any atom is -0.471 e. The highest BCUT2D eigenvalue weighted by Gasteiger charge is 2.41. The van der Waals surface area contributed by atoms with Gasteiger partial charge in [-0.25, -0.2) is 4.98 Å². The minimum absolute atomic E-state index is 0.0581. The molecule has 32 heavy (non-hydrogen) atoms. The maximum atomic E-state index is 12.8. The average molecular weight is 517 g/mol. The Kier molecular flexibility index (Phi) is 9.73. The van der Waals surface area contributed by atoms with E-state index in [1.54, 1.807) is 6.20 Å². The third kappa shape index (κ3) is 6.81. The number of aromatic nitrogens is 2. The summed E-state index contributed by atoms with van der Waals surface area (Å²) in [4.78, 5) is 30.9. The number of imidazole rings is 1. The van der Waals surface area contributed by atoms with Gasteiger partial charge in [0.25, 0.3) is 6.47 Å². The Balaban J connectivity index is 0.000000837. The number of ether oxygens (including phenoxy) is 2. The van der Waals surface area contributed by atoms with Gasteiger partial charge >= 0.3 is 6.61 Å². The molecular formula is C21H27BrF2N4O4. The Morgan fingerprint density at radius 2 is 1.97 bits per heavy atom. The second kappa shape index (κ2) is 12.0. The predicted octanol–water partition coefficient (Wildman–Crippen LogP) is 3.49. The summed E-state index contributed by atoms with van der Waals surface area (Å²) in [6.45, 7) is 1.23. The van der Waals surface area contributed by atoms with Crippen LogP contribution in [0.5, 0.6) is 0 Å². The number of carbonyl (C=O) groups is 2. The lowest BCUT2D eigenvalue weighted by atomic mass is 10.0. The SMILES string of the molecule is CC(C)C(N)C(=O)N1CC(OC(F)F)CC1c1ncc(-c2ccc(Br)cc2)[nH]1.COC=O. The molecule has 1 aliphatic rings. The Hall–Kier alpha value is -2.37. The van der Waals surface area contributed by atoms with Crippen molar-refractivity contribution in [3.8, 4) is 11.3 Å². The van der Waals surface area contributed by atoms with Crippen LogP contribution in [0.25, 0.3) is 11.3 Å². The largest absolute Gasteiger partial charge is 0.471 e. The van der Waals surface area contributed by atoms with Gasteiger partial charge in [-0.3, -0.25) is 9.59 Å². The molecule has 1 saturated heterocycles. The highest BCUT2D eigenvalue weighted by molar-refractivity contribution is 9.10. The topological polar surface area (TPSA) is 111 Å². The number of likely N-dealkylation sites (tertiary alicyclic amines) is 1. The third-order valence-electron chi connectivity index (χ3n) is 5.01. The second-order valence-corrected chi connectivity index (χ2v) is 8.47. The minimum atomic E-state index is -2.89. The summed E-state index contributed by atoms with van der Waals surface area (Å²) >= 11 is 3.40. The van der Waals surface area contributed by atoms with E-state index in [4.69, 9.17) is 10.5 Å². The molecule has 3 atom stereocenters. The molecular weight excluding hydrogens is 490 g/mol. The first-order valence-electron chi connectivity index (χ1n) is 9.94. The van der Waals surface area contributed by atoms with Crippen molar-refractivity contribution in [2.45, 2.75) is 45.1 Å². The van der Waals surface area contributed by atoms with Crippen molar-refractivity contribution in [2.75, 3.05) is 13.7 Å². The standard InChI is InChI=1S/C19H23BrF2N4O2.C2H4O2/c1-10(2)16(23)18(27)26-9-13(28-19(21)22)7-15(26)17-24-8-14(25-17)11-3-5-12(20)6-4-11;1-4-2-3/h3-6,8,10,13,15-16,19H,7,9,23H2,1-2H3,(H,24,25);2H,1H3. The van der Waals surface area contributed by atoms with Gasteiger partial charge in [0, 0.05) is 17.4 Å². The van der Waals surface area contributed by atoms with Crippen LogP contribution in [0.3, 0.4) is 0 Å². The smallest absolute Gasteiger partial charge is 0.345 e. The number of hydrogen-bond acceptors (Lipinski definition) is 6. The van der Waals surface area contributed by atoms with E-state index in [2.05, 4.69) is 35.4 Å². The number of amides is 1. The summed E-state index contributed by atoms with van der Waals surface area (Å²) in [6, 6.07) is 6.47. The molecule has 1 fully saturated rings. The molecule has 1 aromatic heterocycles. The molecule has 176 valence electrons. The fraction of sp³-hybridized carbons (Fsp3) is 0.476. The number of methoxy groups -OCH3 is 1. The maximum absolute atomic E-state index is 12.8. The molecule has 1 amide bonds.